The molecule has 0 unspecified atom stereocenters. The normalized spacial score (nSPS) is 16.4. The van der Waals surface area contributed by atoms with E-state index >= 15 is 0 Å². The number of thiazole rings is 1. The quantitative estimate of drug-likeness (QED) is 0.493. The largest absolute Gasteiger partial charge is 0.383 e. The Morgan fingerprint density at radius 1 is 1.13 bits per heavy atom. The summed E-state index contributed by atoms with van der Waals surface area (Å²) < 4.78 is 19.2. The summed E-state index contributed by atoms with van der Waals surface area (Å²) in [5.74, 6) is -0.645. The molecule has 9 nitrogen and oxygen atoms in total. The number of nitrogens with zero attached hydrogens (tertiary/aromatic N) is 4. The van der Waals surface area contributed by atoms with Gasteiger partial charge in [0.05, 0.1) is 24.4 Å². The lowest BCUT2D eigenvalue weighted by Gasteiger charge is -2.36. The highest BCUT2D eigenvalue weighted by Crippen LogP contribution is 2.26. The molecule has 2 aliphatic rings. The summed E-state index contributed by atoms with van der Waals surface area (Å²) in [5, 5.41) is 4.94. The third-order valence-corrected chi connectivity index (χ3v) is 7.93. The van der Waals surface area contributed by atoms with E-state index in [-0.39, 0.29) is 42.4 Å². The number of carbonyl (C=O) groups excluding carboxylic acids is 3. The number of piperazine rings is 1. The van der Waals surface area contributed by atoms with Crippen molar-refractivity contribution in [3.63, 3.8) is 0 Å². The highest BCUT2D eigenvalue weighted by Gasteiger charge is 2.28. The first-order chi connectivity index (χ1) is 18.4. The zero-order valence-electron chi connectivity index (χ0n) is 21.9. The number of hydrogen-bond donors (Lipinski definition) is 1. The van der Waals surface area contributed by atoms with Crippen molar-refractivity contribution in [3.05, 3.63) is 41.2 Å². The van der Waals surface area contributed by atoms with Gasteiger partial charge in [-0.25, -0.2) is 9.37 Å². The van der Waals surface area contributed by atoms with Crippen LogP contribution in [0.3, 0.4) is 0 Å². The Morgan fingerprint density at radius 2 is 1.87 bits per heavy atom. The Morgan fingerprint density at radius 3 is 2.58 bits per heavy atom. The van der Waals surface area contributed by atoms with Gasteiger partial charge < -0.3 is 24.8 Å². The topological polar surface area (TPSA) is 95.1 Å². The average molecular weight is 546 g/mol. The van der Waals surface area contributed by atoms with Crippen LogP contribution in [0.15, 0.2) is 29.6 Å². The number of carbonyl (C=O) groups is 3. The van der Waals surface area contributed by atoms with Crippen LogP contribution in [0.5, 0.6) is 0 Å². The van der Waals surface area contributed by atoms with Gasteiger partial charge in [0.1, 0.15) is 12.4 Å². The molecule has 0 radical (unpaired) electrons. The summed E-state index contributed by atoms with van der Waals surface area (Å²) >= 11 is 1.26. The van der Waals surface area contributed by atoms with Crippen molar-refractivity contribution in [2.75, 3.05) is 63.2 Å². The lowest BCUT2D eigenvalue weighted by atomic mass is 9.88. The molecule has 206 valence electrons. The molecule has 0 atom stereocenters. The smallest absolute Gasteiger partial charge is 0.245 e. The molecule has 38 heavy (non-hydrogen) atoms. The third kappa shape index (κ3) is 7.50. The first-order valence-electron chi connectivity index (χ1n) is 13.2. The first kappa shape index (κ1) is 28.0. The number of rotatable bonds is 10. The van der Waals surface area contributed by atoms with Crippen molar-refractivity contribution < 1.29 is 23.5 Å². The molecule has 2 fully saturated rings. The van der Waals surface area contributed by atoms with E-state index in [0.29, 0.717) is 55.8 Å². The van der Waals surface area contributed by atoms with Gasteiger partial charge in [-0.3, -0.25) is 14.4 Å². The van der Waals surface area contributed by atoms with Crippen LogP contribution in [0, 0.1) is 11.7 Å². The lowest BCUT2D eigenvalue weighted by Crippen LogP contribution is -2.49. The van der Waals surface area contributed by atoms with Gasteiger partial charge in [-0.05, 0) is 25.0 Å². The molecule has 1 aliphatic heterocycles. The minimum Gasteiger partial charge on any atom is -0.383 e. The second-order valence-corrected chi connectivity index (χ2v) is 10.6. The Kier molecular flexibility index (Phi) is 10.1. The van der Waals surface area contributed by atoms with Gasteiger partial charge in [-0.15, -0.1) is 11.3 Å². The fourth-order valence-corrected chi connectivity index (χ4v) is 5.75. The van der Waals surface area contributed by atoms with Crippen LogP contribution in [-0.4, -0.2) is 85.5 Å². The molecule has 1 saturated carbocycles. The summed E-state index contributed by atoms with van der Waals surface area (Å²) in [6.07, 6.45) is 5.11. The van der Waals surface area contributed by atoms with Crippen LogP contribution >= 0.6 is 11.3 Å². The molecule has 11 heteroatoms. The number of amides is 3. The summed E-state index contributed by atoms with van der Waals surface area (Å²) in [6, 6.07) is 6.66. The molecule has 0 spiro atoms. The Hall–Kier alpha value is -3.05. The van der Waals surface area contributed by atoms with Crippen LogP contribution in [-0.2, 0) is 25.5 Å². The predicted molar refractivity (Wildman–Crippen MR) is 145 cm³/mol. The van der Waals surface area contributed by atoms with Crippen LogP contribution in [0.1, 0.15) is 37.8 Å². The number of ether oxygens (including phenoxy) is 1. The van der Waals surface area contributed by atoms with Crippen LogP contribution in [0.25, 0.3) is 0 Å². The van der Waals surface area contributed by atoms with E-state index in [1.54, 1.807) is 40.5 Å². The minimum absolute atomic E-state index is 0.0115. The number of methoxy groups -OCH3 is 1. The Balaban J connectivity index is 1.25. The summed E-state index contributed by atoms with van der Waals surface area (Å²) in [7, 11) is 1.57. The van der Waals surface area contributed by atoms with E-state index in [1.807, 2.05) is 4.90 Å². The van der Waals surface area contributed by atoms with Crippen LogP contribution in [0.2, 0.25) is 0 Å². The average Bonchev–Trinajstić information content (AvgIpc) is 3.37. The van der Waals surface area contributed by atoms with Crippen LogP contribution in [0.4, 0.5) is 15.2 Å². The first-order valence-corrected chi connectivity index (χ1v) is 14.1. The van der Waals surface area contributed by atoms with E-state index < -0.39 is 0 Å². The molecule has 3 amide bonds. The van der Waals surface area contributed by atoms with Gasteiger partial charge in [0.25, 0.3) is 0 Å². The lowest BCUT2D eigenvalue weighted by molar-refractivity contribution is -0.140. The molecule has 1 aliphatic carbocycles. The van der Waals surface area contributed by atoms with Gasteiger partial charge in [-0.2, -0.15) is 0 Å². The summed E-state index contributed by atoms with van der Waals surface area (Å²) in [4.78, 5) is 48.3. The van der Waals surface area contributed by atoms with E-state index in [0.717, 1.165) is 32.1 Å². The van der Waals surface area contributed by atoms with Gasteiger partial charge in [0.15, 0.2) is 5.13 Å². The molecular formula is C27H36FN5O4S. The molecule has 1 aromatic heterocycles. The van der Waals surface area contributed by atoms with Gasteiger partial charge in [0.2, 0.25) is 17.7 Å². The Bertz CT molecular complexity index is 1100. The maximum atomic E-state index is 14.1. The molecule has 1 N–H and O–H groups in total. The van der Waals surface area contributed by atoms with Gasteiger partial charge in [0, 0.05) is 51.1 Å². The van der Waals surface area contributed by atoms with E-state index in [9.17, 15) is 18.8 Å². The number of anilines is 2. The number of halogens is 1. The zero-order chi connectivity index (χ0) is 26.9. The fourth-order valence-electron chi connectivity index (χ4n) is 5.03. The summed E-state index contributed by atoms with van der Waals surface area (Å²) in [6.45, 7) is 2.80. The highest BCUT2D eigenvalue weighted by atomic mass is 32.1. The standard InChI is InChI=1S/C27H36FN5O4S/c1-37-16-15-33(26(36)20-7-3-2-4-8-20)18-24(34)30-27-29-21(19-38-27)17-25(35)32-13-11-31(12-14-32)23-10-6-5-9-22(23)28/h5-6,9-10,19-20H,2-4,7-8,11-18H2,1H3,(H,29,30,34). The number of benzene rings is 1. The van der Waals surface area contributed by atoms with Crippen molar-refractivity contribution in [1.29, 1.82) is 0 Å². The monoisotopic (exact) mass is 545 g/mol. The van der Waals surface area contributed by atoms with E-state index in [2.05, 4.69) is 10.3 Å². The van der Waals surface area contributed by atoms with Crippen molar-refractivity contribution in [3.8, 4) is 0 Å². The maximum Gasteiger partial charge on any atom is 0.245 e. The molecular weight excluding hydrogens is 509 g/mol. The van der Waals surface area contributed by atoms with Crippen molar-refractivity contribution in [2.24, 2.45) is 5.92 Å². The molecule has 4 rings (SSSR count). The second kappa shape index (κ2) is 13.7. The number of aromatic nitrogens is 1. The second-order valence-electron chi connectivity index (χ2n) is 9.78. The van der Waals surface area contributed by atoms with Crippen molar-refractivity contribution in [1.82, 2.24) is 14.8 Å². The number of para-hydroxylation sites is 1. The summed E-state index contributed by atoms with van der Waals surface area (Å²) in [5.41, 5.74) is 1.14. The molecule has 1 aromatic carbocycles. The molecule has 0 bridgehead atoms. The number of hydrogen-bond acceptors (Lipinski definition) is 7. The third-order valence-electron chi connectivity index (χ3n) is 7.12. The van der Waals surface area contributed by atoms with E-state index in [4.69, 9.17) is 4.74 Å². The van der Waals surface area contributed by atoms with Gasteiger partial charge >= 0.3 is 0 Å². The number of nitrogens with one attached hydrogen (secondary N) is 1. The molecule has 2 aromatic rings. The maximum absolute atomic E-state index is 14.1. The van der Waals surface area contributed by atoms with Gasteiger partial charge in [-0.1, -0.05) is 31.4 Å². The highest BCUT2D eigenvalue weighted by molar-refractivity contribution is 7.13. The van der Waals surface area contributed by atoms with E-state index in [1.165, 1.54) is 17.4 Å². The predicted octanol–water partition coefficient (Wildman–Crippen LogP) is 3.17. The zero-order valence-corrected chi connectivity index (χ0v) is 22.7. The van der Waals surface area contributed by atoms with Crippen molar-refractivity contribution >= 4 is 39.9 Å². The molecule has 1 saturated heterocycles. The minimum atomic E-state index is -0.318. The Labute approximate surface area is 226 Å². The molecule has 2 heterocycles. The van der Waals surface area contributed by atoms with Crippen LogP contribution < -0.4 is 10.2 Å². The van der Waals surface area contributed by atoms with Crippen molar-refractivity contribution in [2.45, 2.75) is 38.5 Å². The fraction of sp³-hybridized carbons (Fsp3) is 0.556. The SMILES string of the molecule is COCCN(CC(=O)Nc1nc(CC(=O)N2CCN(c3ccccc3F)CC2)cs1)C(=O)C1CCCCC1.